The second-order valence-corrected chi connectivity index (χ2v) is 4.92. The maximum Gasteiger partial charge on any atom is 0.358 e. The van der Waals surface area contributed by atoms with Gasteiger partial charge in [-0.15, -0.1) is 5.10 Å². The number of carboxylic acids is 1. The first-order valence-electron chi connectivity index (χ1n) is 7.02. The zero-order valence-electron chi connectivity index (χ0n) is 12.1. The van der Waals surface area contributed by atoms with Crippen molar-refractivity contribution in [3.05, 3.63) is 24.3 Å². The van der Waals surface area contributed by atoms with E-state index in [0.29, 0.717) is 19.0 Å². The van der Waals surface area contributed by atoms with Gasteiger partial charge in [-0.2, -0.15) is 0 Å². The van der Waals surface area contributed by atoms with Gasteiger partial charge in [0.1, 0.15) is 12.1 Å². The van der Waals surface area contributed by atoms with Crippen molar-refractivity contribution in [2.24, 2.45) is 0 Å². The highest BCUT2D eigenvalue weighted by Crippen LogP contribution is 2.26. The maximum absolute atomic E-state index is 10.9. The van der Waals surface area contributed by atoms with Crippen LogP contribution in [-0.4, -0.2) is 55.7 Å². The third-order valence-corrected chi connectivity index (χ3v) is 3.51. The SMILES string of the molecule is CCOc1cc(N2CCC(n3cc(C(=O)O)nn3)C2)ncn1. The lowest BCUT2D eigenvalue weighted by atomic mass is 10.3. The number of anilines is 1. The summed E-state index contributed by atoms with van der Waals surface area (Å²) in [7, 11) is 0. The molecule has 0 bridgehead atoms. The maximum atomic E-state index is 10.9. The highest BCUT2D eigenvalue weighted by Gasteiger charge is 2.26. The van der Waals surface area contributed by atoms with E-state index < -0.39 is 5.97 Å². The smallest absolute Gasteiger partial charge is 0.358 e. The summed E-state index contributed by atoms with van der Waals surface area (Å²) in [5.41, 5.74) is -0.0425. The molecule has 1 N–H and O–H groups in total. The van der Waals surface area contributed by atoms with Crippen molar-refractivity contribution in [2.45, 2.75) is 19.4 Å². The Kier molecular flexibility index (Phi) is 3.86. The second kappa shape index (κ2) is 5.96. The van der Waals surface area contributed by atoms with Gasteiger partial charge >= 0.3 is 5.97 Å². The Morgan fingerprint density at radius 3 is 3.09 bits per heavy atom. The molecule has 0 saturated carbocycles. The van der Waals surface area contributed by atoms with E-state index in [2.05, 4.69) is 25.2 Å². The molecule has 0 aromatic carbocycles. The summed E-state index contributed by atoms with van der Waals surface area (Å²) in [6.07, 6.45) is 3.78. The minimum Gasteiger partial charge on any atom is -0.478 e. The van der Waals surface area contributed by atoms with Crippen molar-refractivity contribution in [3.8, 4) is 5.88 Å². The first kappa shape index (κ1) is 14.2. The number of carboxylic acid groups (broad SMARTS) is 1. The van der Waals surface area contributed by atoms with E-state index >= 15 is 0 Å². The van der Waals surface area contributed by atoms with Gasteiger partial charge < -0.3 is 14.7 Å². The molecule has 3 heterocycles. The van der Waals surface area contributed by atoms with E-state index in [-0.39, 0.29) is 11.7 Å². The Morgan fingerprint density at radius 2 is 2.36 bits per heavy atom. The average molecular weight is 304 g/mol. The van der Waals surface area contributed by atoms with Crippen LogP contribution in [0.3, 0.4) is 0 Å². The molecule has 0 spiro atoms. The fourth-order valence-electron chi connectivity index (χ4n) is 2.45. The number of rotatable bonds is 5. The molecule has 1 saturated heterocycles. The number of hydrogen-bond acceptors (Lipinski definition) is 7. The highest BCUT2D eigenvalue weighted by atomic mass is 16.5. The number of nitrogens with zero attached hydrogens (tertiary/aromatic N) is 6. The monoisotopic (exact) mass is 304 g/mol. The van der Waals surface area contributed by atoms with E-state index in [1.807, 2.05) is 6.92 Å². The molecule has 9 heteroatoms. The number of hydrogen-bond donors (Lipinski definition) is 1. The van der Waals surface area contributed by atoms with Gasteiger partial charge in [-0.1, -0.05) is 5.21 Å². The molecule has 2 aromatic rings. The molecule has 1 aliphatic rings. The fraction of sp³-hybridized carbons (Fsp3) is 0.462. The molecule has 1 unspecified atom stereocenters. The molecule has 1 fully saturated rings. The summed E-state index contributed by atoms with van der Waals surface area (Å²) in [4.78, 5) is 21.3. The number of aromatic carboxylic acids is 1. The summed E-state index contributed by atoms with van der Waals surface area (Å²) in [6.45, 7) is 3.94. The summed E-state index contributed by atoms with van der Waals surface area (Å²) >= 11 is 0. The Labute approximate surface area is 126 Å². The first-order valence-corrected chi connectivity index (χ1v) is 7.02. The van der Waals surface area contributed by atoms with Crippen LogP contribution in [0.1, 0.15) is 29.9 Å². The van der Waals surface area contributed by atoms with E-state index in [1.165, 1.54) is 12.5 Å². The molecule has 9 nitrogen and oxygen atoms in total. The lowest BCUT2D eigenvalue weighted by Gasteiger charge is -2.17. The average Bonchev–Trinajstić information content (AvgIpc) is 3.17. The Morgan fingerprint density at radius 1 is 1.50 bits per heavy atom. The van der Waals surface area contributed by atoms with Gasteiger partial charge in [0, 0.05) is 19.2 Å². The summed E-state index contributed by atoms with van der Waals surface area (Å²) in [5.74, 6) is 0.266. The largest absolute Gasteiger partial charge is 0.478 e. The van der Waals surface area contributed by atoms with E-state index in [9.17, 15) is 4.79 Å². The highest BCUT2D eigenvalue weighted by molar-refractivity contribution is 5.84. The molecule has 0 amide bonds. The summed E-state index contributed by atoms with van der Waals surface area (Å²) in [6, 6.07) is 1.88. The minimum atomic E-state index is -1.07. The molecule has 0 radical (unpaired) electrons. The molecular formula is C13H16N6O3. The van der Waals surface area contributed by atoms with Crippen LogP contribution >= 0.6 is 0 Å². The van der Waals surface area contributed by atoms with Crippen LogP contribution in [0.25, 0.3) is 0 Å². The van der Waals surface area contributed by atoms with E-state index in [1.54, 1.807) is 10.7 Å². The standard InChI is InChI=1S/C13H16N6O3/c1-2-22-12-5-11(14-8-15-12)18-4-3-9(6-18)19-7-10(13(20)21)16-17-19/h5,7-9H,2-4,6H2,1H3,(H,20,21). The van der Waals surface area contributed by atoms with Gasteiger partial charge in [0.15, 0.2) is 5.69 Å². The van der Waals surface area contributed by atoms with Crippen molar-refractivity contribution in [3.63, 3.8) is 0 Å². The van der Waals surface area contributed by atoms with Gasteiger partial charge in [0.2, 0.25) is 5.88 Å². The van der Waals surface area contributed by atoms with Crippen LogP contribution in [0.4, 0.5) is 5.82 Å². The molecular weight excluding hydrogens is 288 g/mol. The van der Waals surface area contributed by atoms with Crippen molar-refractivity contribution in [1.82, 2.24) is 25.0 Å². The predicted molar refractivity (Wildman–Crippen MR) is 76.0 cm³/mol. The fourth-order valence-corrected chi connectivity index (χ4v) is 2.45. The molecule has 1 aliphatic heterocycles. The zero-order valence-corrected chi connectivity index (χ0v) is 12.1. The second-order valence-electron chi connectivity index (χ2n) is 4.92. The first-order chi connectivity index (χ1) is 10.7. The van der Waals surface area contributed by atoms with Gasteiger partial charge in [-0.3, -0.25) is 0 Å². The number of carbonyl (C=O) groups is 1. The quantitative estimate of drug-likeness (QED) is 0.856. The Balaban J connectivity index is 1.71. The van der Waals surface area contributed by atoms with Crippen LogP contribution < -0.4 is 9.64 Å². The third-order valence-electron chi connectivity index (χ3n) is 3.51. The minimum absolute atomic E-state index is 0.0425. The zero-order chi connectivity index (χ0) is 15.5. The molecule has 0 aliphatic carbocycles. The molecule has 3 rings (SSSR count). The van der Waals surface area contributed by atoms with Gasteiger partial charge in [-0.25, -0.2) is 19.4 Å². The lowest BCUT2D eigenvalue weighted by Crippen LogP contribution is -2.22. The van der Waals surface area contributed by atoms with Crippen LogP contribution in [-0.2, 0) is 0 Å². The van der Waals surface area contributed by atoms with Crippen LogP contribution in [0.2, 0.25) is 0 Å². The van der Waals surface area contributed by atoms with Gasteiger partial charge in [0.25, 0.3) is 0 Å². The molecule has 2 aromatic heterocycles. The molecule has 116 valence electrons. The van der Waals surface area contributed by atoms with Crippen molar-refractivity contribution in [1.29, 1.82) is 0 Å². The predicted octanol–water partition coefficient (Wildman–Crippen LogP) is 0.616. The van der Waals surface area contributed by atoms with E-state index in [4.69, 9.17) is 9.84 Å². The van der Waals surface area contributed by atoms with Crippen molar-refractivity contribution in [2.75, 3.05) is 24.6 Å². The Hall–Kier alpha value is -2.71. The lowest BCUT2D eigenvalue weighted by molar-refractivity contribution is 0.0690. The summed E-state index contributed by atoms with van der Waals surface area (Å²) in [5, 5.41) is 16.4. The van der Waals surface area contributed by atoms with Crippen LogP contribution in [0, 0.1) is 0 Å². The number of ether oxygens (including phenoxy) is 1. The molecule has 22 heavy (non-hydrogen) atoms. The third kappa shape index (κ3) is 2.83. The topological polar surface area (TPSA) is 106 Å². The number of aromatic nitrogens is 5. The van der Waals surface area contributed by atoms with Crippen molar-refractivity contribution < 1.29 is 14.6 Å². The van der Waals surface area contributed by atoms with E-state index in [0.717, 1.165) is 18.8 Å². The van der Waals surface area contributed by atoms with Gasteiger partial charge in [0.05, 0.1) is 18.8 Å². The summed E-state index contributed by atoms with van der Waals surface area (Å²) < 4.78 is 6.98. The van der Waals surface area contributed by atoms with Crippen LogP contribution in [0.5, 0.6) is 5.88 Å². The van der Waals surface area contributed by atoms with Crippen molar-refractivity contribution >= 4 is 11.8 Å². The molecule has 1 atom stereocenters. The Bertz CT molecular complexity index is 673. The van der Waals surface area contributed by atoms with Crippen LogP contribution in [0.15, 0.2) is 18.6 Å². The van der Waals surface area contributed by atoms with Gasteiger partial charge in [-0.05, 0) is 13.3 Å². The normalized spacial score (nSPS) is 17.7.